The van der Waals surface area contributed by atoms with E-state index in [0.29, 0.717) is 24.1 Å². The van der Waals surface area contributed by atoms with Crippen LogP contribution in [0.4, 0.5) is 0 Å². The van der Waals surface area contributed by atoms with Crippen molar-refractivity contribution < 1.29 is 37.3 Å². The highest BCUT2D eigenvalue weighted by atomic mass is 31.2. The molecule has 0 aromatic heterocycles. The Balaban J connectivity index is 4.14. The van der Waals surface area contributed by atoms with Gasteiger partial charge in [-0.05, 0) is 83.5 Å². The summed E-state index contributed by atoms with van der Waals surface area (Å²) < 4.78 is 34.7. The highest BCUT2D eigenvalue weighted by Gasteiger charge is 2.20. The first-order valence-electron chi connectivity index (χ1n) is 26.5. The fourth-order valence-corrected chi connectivity index (χ4v) is 7.90. The van der Waals surface area contributed by atoms with Crippen molar-refractivity contribution in [2.24, 2.45) is 0 Å². The smallest absolute Gasteiger partial charge is 0.306 e. The van der Waals surface area contributed by atoms with Crippen molar-refractivity contribution >= 4 is 13.8 Å². The van der Waals surface area contributed by atoms with Gasteiger partial charge in [-0.3, -0.25) is 9.36 Å². The second-order valence-electron chi connectivity index (χ2n) is 18.9. The van der Waals surface area contributed by atoms with Crippen LogP contribution in [0.5, 0.6) is 0 Å². The van der Waals surface area contributed by atoms with Crippen LogP contribution >= 0.6 is 7.82 Å². The lowest BCUT2D eigenvalue weighted by atomic mass is 10.0. The molecule has 0 aliphatic rings. The monoisotopic (exact) mass is 920 g/mol. The van der Waals surface area contributed by atoms with Crippen LogP contribution in [-0.4, -0.2) is 70.7 Å². The molecule has 0 aromatic rings. The molecule has 64 heavy (non-hydrogen) atoms. The van der Waals surface area contributed by atoms with Crippen LogP contribution in [0.2, 0.25) is 0 Å². The fraction of sp³-hybridized carbons (Fsp3) is 0.800. The molecule has 0 saturated carbocycles. The zero-order valence-corrected chi connectivity index (χ0v) is 43.4. The number of quaternary nitrogens is 1. The Morgan fingerprint density at radius 3 is 1.30 bits per heavy atom. The minimum Gasteiger partial charge on any atom is -0.756 e. The molecule has 2 unspecified atom stereocenters. The van der Waals surface area contributed by atoms with Crippen LogP contribution < -0.4 is 4.89 Å². The molecule has 8 nitrogen and oxygen atoms in total. The summed E-state index contributed by atoms with van der Waals surface area (Å²) in [5.74, 6) is -0.342. The van der Waals surface area contributed by atoms with E-state index in [1.165, 1.54) is 141 Å². The second kappa shape index (κ2) is 47.7. The van der Waals surface area contributed by atoms with E-state index in [0.717, 1.165) is 64.2 Å². The Hall–Kier alpha value is -1.80. The number of rotatable bonds is 49. The molecule has 0 aliphatic carbocycles. The molecular formula is C55H102NO7P. The third kappa shape index (κ3) is 51.2. The third-order valence-corrected chi connectivity index (χ3v) is 12.3. The zero-order chi connectivity index (χ0) is 46.9. The van der Waals surface area contributed by atoms with Crippen LogP contribution in [-0.2, 0) is 27.9 Å². The molecule has 0 amide bonds. The predicted molar refractivity (Wildman–Crippen MR) is 273 cm³/mol. The first-order valence-corrected chi connectivity index (χ1v) is 28.0. The third-order valence-electron chi connectivity index (χ3n) is 11.3. The van der Waals surface area contributed by atoms with Crippen molar-refractivity contribution in [2.45, 2.75) is 232 Å². The Morgan fingerprint density at radius 1 is 0.484 bits per heavy atom. The summed E-state index contributed by atoms with van der Waals surface area (Å²) in [7, 11) is 1.34. The molecule has 0 N–H and O–H groups in total. The average Bonchev–Trinajstić information content (AvgIpc) is 3.25. The van der Waals surface area contributed by atoms with E-state index in [1.807, 2.05) is 21.1 Å². The van der Waals surface area contributed by atoms with E-state index in [-0.39, 0.29) is 25.8 Å². The Labute approximate surface area is 396 Å². The van der Waals surface area contributed by atoms with E-state index >= 15 is 0 Å². The number of nitrogens with zero attached hydrogens (tertiary/aromatic N) is 1. The minimum absolute atomic E-state index is 0.0211. The van der Waals surface area contributed by atoms with Gasteiger partial charge < -0.3 is 27.9 Å². The number of unbranched alkanes of at least 4 members (excludes halogenated alkanes) is 25. The highest BCUT2D eigenvalue weighted by molar-refractivity contribution is 7.45. The summed E-state index contributed by atoms with van der Waals surface area (Å²) in [6.45, 7) is 5.37. The number of hydrogen-bond donors (Lipinski definition) is 0. The summed E-state index contributed by atoms with van der Waals surface area (Å²) in [5, 5.41) is 0. The van der Waals surface area contributed by atoms with Gasteiger partial charge in [-0.1, -0.05) is 197 Å². The van der Waals surface area contributed by atoms with Gasteiger partial charge in [0.05, 0.1) is 34.4 Å². The first-order chi connectivity index (χ1) is 31.1. The molecule has 0 heterocycles. The molecular weight excluding hydrogens is 818 g/mol. The van der Waals surface area contributed by atoms with Crippen LogP contribution in [0.1, 0.15) is 226 Å². The van der Waals surface area contributed by atoms with Gasteiger partial charge in [-0.2, -0.15) is 0 Å². The van der Waals surface area contributed by atoms with Crippen molar-refractivity contribution in [3.05, 3.63) is 60.8 Å². The summed E-state index contributed by atoms with van der Waals surface area (Å²) in [5.41, 5.74) is 0. The van der Waals surface area contributed by atoms with Gasteiger partial charge in [0, 0.05) is 13.0 Å². The van der Waals surface area contributed by atoms with E-state index in [2.05, 4.69) is 74.6 Å². The molecule has 0 radical (unpaired) electrons. The van der Waals surface area contributed by atoms with Crippen molar-refractivity contribution in [2.75, 3.05) is 54.1 Å². The molecule has 0 fully saturated rings. The normalized spacial score (nSPS) is 14.0. The van der Waals surface area contributed by atoms with Gasteiger partial charge >= 0.3 is 5.97 Å². The largest absolute Gasteiger partial charge is 0.756 e. The number of hydrogen-bond acceptors (Lipinski definition) is 7. The average molecular weight is 920 g/mol. The topological polar surface area (TPSA) is 94.1 Å². The van der Waals surface area contributed by atoms with Gasteiger partial charge in [-0.15, -0.1) is 0 Å². The van der Waals surface area contributed by atoms with Gasteiger partial charge in [0.25, 0.3) is 7.82 Å². The quantitative estimate of drug-likeness (QED) is 0.0197. The Morgan fingerprint density at radius 2 is 0.859 bits per heavy atom. The summed E-state index contributed by atoms with van der Waals surface area (Å²) >= 11 is 0. The number of esters is 1. The lowest BCUT2D eigenvalue weighted by molar-refractivity contribution is -0.870. The maximum Gasteiger partial charge on any atom is 0.306 e. The maximum atomic E-state index is 12.8. The van der Waals surface area contributed by atoms with Crippen molar-refractivity contribution in [1.29, 1.82) is 0 Å². The standard InChI is InChI=1S/C55H102NO7P/c1-6-8-10-12-14-16-18-20-22-24-25-26-27-28-29-30-31-32-34-36-38-40-42-44-46-48-55(57)63-54(53-62-64(58,59)61-51-49-56(3,4)5)52-60-50-47-45-43-41-39-37-35-33-23-21-19-17-15-13-11-9-7-2/h17-20,23-25,27-28,33,54H,6-16,21-22,26,29-32,34-53H2,1-5H3/b19-17-,20-18-,25-24-,28-27-,33-23-. The lowest BCUT2D eigenvalue weighted by Crippen LogP contribution is -2.37. The van der Waals surface area contributed by atoms with E-state index in [9.17, 15) is 14.3 Å². The SMILES string of the molecule is CCCCCC/C=C\C/C=C\CCCCCCCCOCC(COP(=O)([O-])OCC[N+](C)(C)C)OC(=O)CCCCCCCCCCCC/C=C\C/C=C\C/C=C\CCCCCCC. The van der Waals surface area contributed by atoms with E-state index in [4.69, 9.17) is 18.5 Å². The van der Waals surface area contributed by atoms with Crippen LogP contribution in [0.15, 0.2) is 60.8 Å². The fourth-order valence-electron chi connectivity index (χ4n) is 7.17. The molecule has 0 saturated heterocycles. The zero-order valence-electron chi connectivity index (χ0n) is 42.5. The lowest BCUT2D eigenvalue weighted by Gasteiger charge is -2.28. The molecule has 9 heteroatoms. The highest BCUT2D eigenvalue weighted by Crippen LogP contribution is 2.38. The van der Waals surface area contributed by atoms with Crippen molar-refractivity contribution in [3.8, 4) is 0 Å². The maximum absolute atomic E-state index is 12.8. The number of carbonyl (C=O) groups is 1. The number of phosphoric acid groups is 1. The summed E-state index contributed by atoms with van der Waals surface area (Å²) in [4.78, 5) is 25.2. The van der Waals surface area contributed by atoms with Crippen LogP contribution in [0.25, 0.3) is 0 Å². The second-order valence-corrected chi connectivity index (χ2v) is 20.3. The number of ether oxygens (including phenoxy) is 2. The Kier molecular flexibility index (Phi) is 46.3. The molecule has 0 rings (SSSR count). The molecule has 0 bridgehead atoms. The summed E-state index contributed by atoms with van der Waals surface area (Å²) in [6, 6.07) is 0. The predicted octanol–water partition coefficient (Wildman–Crippen LogP) is 15.8. The molecule has 2 atom stereocenters. The van der Waals surface area contributed by atoms with E-state index < -0.39 is 13.9 Å². The van der Waals surface area contributed by atoms with Crippen molar-refractivity contribution in [3.63, 3.8) is 0 Å². The van der Waals surface area contributed by atoms with Crippen LogP contribution in [0.3, 0.4) is 0 Å². The van der Waals surface area contributed by atoms with Gasteiger partial charge in [0.1, 0.15) is 19.3 Å². The summed E-state index contributed by atoms with van der Waals surface area (Å²) in [6.07, 6.45) is 61.0. The van der Waals surface area contributed by atoms with Gasteiger partial charge in [-0.25, -0.2) is 0 Å². The number of phosphoric ester groups is 1. The van der Waals surface area contributed by atoms with Gasteiger partial charge in [0.15, 0.2) is 0 Å². The number of carbonyl (C=O) groups excluding carboxylic acids is 1. The van der Waals surface area contributed by atoms with Gasteiger partial charge in [0.2, 0.25) is 0 Å². The molecule has 0 aromatic carbocycles. The van der Waals surface area contributed by atoms with Crippen molar-refractivity contribution in [1.82, 2.24) is 0 Å². The minimum atomic E-state index is -4.54. The molecule has 374 valence electrons. The molecule has 0 spiro atoms. The number of allylic oxidation sites excluding steroid dienone is 10. The molecule has 0 aliphatic heterocycles. The van der Waals surface area contributed by atoms with Crippen LogP contribution in [0, 0.1) is 0 Å². The first kappa shape index (κ1) is 62.2. The van der Waals surface area contributed by atoms with E-state index in [1.54, 1.807) is 0 Å². The Bertz CT molecular complexity index is 1210. The number of likely N-dealkylation sites (N-methyl/N-ethyl adjacent to an activating group) is 1.